The third kappa shape index (κ3) is 3.90. The number of amides is 1. The molecule has 6 heteroatoms. The lowest BCUT2D eigenvalue weighted by molar-refractivity contribution is -0.131. The summed E-state index contributed by atoms with van der Waals surface area (Å²) in [5, 5.41) is 9.33. The van der Waals surface area contributed by atoms with E-state index < -0.39 is 0 Å². The molecular weight excluding hydrogens is 328 g/mol. The molecule has 1 aliphatic heterocycles. The van der Waals surface area contributed by atoms with Crippen LogP contribution in [0.1, 0.15) is 23.1 Å². The number of carbonyl (C=O) groups excluding carboxylic acids is 1. The molecule has 0 bridgehead atoms. The molecule has 0 unspecified atom stereocenters. The number of hydrogen-bond donors (Lipinski definition) is 2. The molecule has 3 rings (SSSR count). The van der Waals surface area contributed by atoms with Gasteiger partial charge in [0.2, 0.25) is 5.91 Å². The number of carbonyl (C=O) groups is 1. The Balaban J connectivity index is 1.52. The van der Waals surface area contributed by atoms with Crippen molar-refractivity contribution in [2.24, 2.45) is 0 Å². The Morgan fingerprint density at radius 2 is 1.85 bits per heavy atom. The van der Waals surface area contributed by atoms with Gasteiger partial charge in [-0.15, -0.1) is 0 Å². The van der Waals surface area contributed by atoms with E-state index in [4.69, 9.17) is 5.73 Å². The summed E-state index contributed by atoms with van der Waals surface area (Å²) < 4.78 is 0. The largest absolute Gasteiger partial charge is 0.506 e. The first-order chi connectivity index (χ1) is 12.5. The maximum Gasteiger partial charge on any atom is 0.223 e. The summed E-state index contributed by atoms with van der Waals surface area (Å²) in [6.45, 7) is 6.98. The predicted molar refractivity (Wildman–Crippen MR) is 103 cm³/mol. The summed E-state index contributed by atoms with van der Waals surface area (Å²) in [4.78, 5) is 20.9. The van der Waals surface area contributed by atoms with Gasteiger partial charge in [-0.25, -0.2) is 4.98 Å². The van der Waals surface area contributed by atoms with Crippen LogP contribution in [0.4, 0.5) is 11.5 Å². The van der Waals surface area contributed by atoms with E-state index in [2.05, 4.69) is 16.8 Å². The first kappa shape index (κ1) is 18.0. The number of aromatic nitrogens is 1. The molecule has 2 heterocycles. The van der Waals surface area contributed by atoms with Gasteiger partial charge in [-0.05, 0) is 55.2 Å². The van der Waals surface area contributed by atoms with Crippen molar-refractivity contribution in [3.8, 4) is 5.75 Å². The molecular formula is C20H26N4O2. The monoisotopic (exact) mass is 354 g/mol. The first-order valence-electron chi connectivity index (χ1n) is 8.98. The van der Waals surface area contributed by atoms with Crippen molar-refractivity contribution in [2.45, 2.75) is 26.7 Å². The van der Waals surface area contributed by atoms with Gasteiger partial charge in [-0.3, -0.25) is 4.79 Å². The van der Waals surface area contributed by atoms with Crippen LogP contribution in [0.3, 0.4) is 0 Å². The number of rotatable bonds is 4. The summed E-state index contributed by atoms with van der Waals surface area (Å²) in [5.74, 6) is 1.19. The Morgan fingerprint density at radius 1 is 1.12 bits per heavy atom. The van der Waals surface area contributed by atoms with E-state index in [9.17, 15) is 9.90 Å². The third-order valence-corrected chi connectivity index (χ3v) is 5.24. The molecule has 26 heavy (non-hydrogen) atoms. The maximum absolute atomic E-state index is 12.6. The van der Waals surface area contributed by atoms with Gasteiger partial charge in [0.15, 0.2) is 0 Å². The topological polar surface area (TPSA) is 82.7 Å². The van der Waals surface area contributed by atoms with Gasteiger partial charge in [-0.1, -0.05) is 6.07 Å². The zero-order valence-electron chi connectivity index (χ0n) is 15.4. The average Bonchev–Trinajstić information content (AvgIpc) is 2.66. The number of hydrogen-bond acceptors (Lipinski definition) is 5. The Kier molecular flexibility index (Phi) is 5.30. The van der Waals surface area contributed by atoms with Crippen molar-refractivity contribution in [1.82, 2.24) is 9.88 Å². The summed E-state index contributed by atoms with van der Waals surface area (Å²) in [7, 11) is 0. The lowest BCUT2D eigenvalue weighted by atomic mass is 9.98. The van der Waals surface area contributed by atoms with Gasteiger partial charge < -0.3 is 20.6 Å². The highest BCUT2D eigenvalue weighted by Crippen LogP contribution is 2.21. The van der Waals surface area contributed by atoms with Gasteiger partial charge in [0.05, 0.1) is 6.20 Å². The third-order valence-electron chi connectivity index (χ3n) is 5.24. The van der Waals surface area contributed by atoms with Gasteiger partial charge in [0, 0.05) is 38.3 Å². The summed E-state index contributed by atoms with van der Waals surface area (Å²) in [6.07, 6.45) is 2.71. The molecule has 0 atom stereocenters. The molecule has 1 saturated heterocycles. The number of nitrogens with zero attached hydrogens (tertiary/aromatic N) is 3. The van der Waals surface area contributed by atoms with Gasteiger partial charge in [0.25, 0.3) is 0 Å². The zero-order valence-corrected chi connectivity index (χ0v) is 15.4. The van der Waals surface area contributed by atoms with Crippen molar-refractivity contribution in [3.05, 3.63) is 47.2 Å². The van der Waals surface area contributed by atoms with Crippen molar-refractivity contribution in [2.75, 3.05) is 36.8 Å². The summed E-state index contributed by atoms with van der Waals surface area (Å²) >= 11 is 0. The molecule has 0 saturated carbocycles. The molecule has 3 N–H and O–H groups in total. The van der Waals surface area contributed by atoms with Crippen LogP contribution in [0, 0.1) is 13.8 Å². The summed E-state index contributed by atoms with van der Waals surface area (Å²) in [6, 6.07) is 7.39. The van der Waals surface area contributed by atoms with Gasteiger partial charge >= 0.3 is 0 Å². The maximum atomic E-state index is 12.6. The predicted octanol–water partition coefficient (Wildman–Crippen LogP) is 2.27. The average molecular weight is 354 g/mol. The second kappa shape index (κ2) is 7.64. The van der Waals surface area contributed by atoms with E-state index in [1.807, 2.05) is 24.0 Å². The van der Waals surface area contributed by atoms with E-state index >= 15 is 0 Å². The van der Waals surface area contributed by atoms with E-state index in [1.165, 1.54) is 17.3 Å². The minimum absolute atomic E-state index is 0.163. The quantitative estimate of drug-likeness (QED) is 0.823. The van der Waals surface area contributed by atoms with Crippen LogP contribution in [-0.4, -0.2) is 47.1 Å². The number of pyridine rings is 1. The number of anilines is 2. The molecule has 2 aromatic rings. The number of piperazine rings is 1. The summed E-state index contributed by atoms with van der Waals surface area (Å²) in [5.41, 5.74) is 10.2. The normalized spacial score (nSPS) is 14.5. The molecule has 1 aromatic heterocycles. The van der Waals surface area contributed by atoms with Crippen LogP contribution in [0.25, 0.3) is 0 Å². The fraction of sp³-hybridized carbons (Fsp3) is 0.400. The van der Waals surface area contributed by atoms with Crippen LogP contribution in [-0.2, 0) is 11.2 Å². The number of benzene rings is 1. The molecule has 0 radical (unpaired) electrons. The Hall–Kier alpha value is -2.76. The van der Waals surface area contributed by atoms with Gasteiger partial charge in [-0.2, -0.15) is 0 Å². The highest BCUT2D eigenvalue weighted by Gasteiger charge is 2.21. The number of aromatic hydroxyl groups is 1. The Labute approximate surface area is 154 Å². The standard InChI is InChI=1S/C20H26N4O2/c1-14-15(2)18(21)6-3-16(14)4-8-20(26)24-11-9-23(10-12-24)19-7-5-17(25)13-22-19/h3,5-7,13,25H,4,8-12,21H2,1-2H3. The second-order valence-corrected chi connectivity index (χ2v) is 6.81. The molecule has 0 aliphatic carbocycles. The van der Waals surface area contributed by atoms with Gasteiger partial charge in [0.1, 0.15) is 11.6 Å². The van der Waals surface area contributed by atoms with Crippen LogP contribution in [0.15, 0.2) is 30.5 Å². The molecule has 6 nitrogen and oxygen atoms in total. The van der Waals surface area contributed by atoms with Crippen molar-refractivity contribution in [3.63, 3.8) is 0 Å². The molecule has 138 valence electrons. The van der Waals surface area contributed by atoms with Crippen molar-refractivity contribution < 1.29 is 9.90 Å². The van der Waals surface area contributed by atoms with Crippen molar-refractivity contribution in [1.29, 1.82) is 0 Å². The fourth-order valence-electron chi connectivity index (χ4n) is 3.32. The molecule has 1 fully saturated rings. The van der Waals surface area contributed by atoms with Crippen LogP contribution >= 0.6 is 0 Å². The minimum atomic E-state index is 0.163. The lowest BCUT2D eigenvalue weighted by Crippen LogP contribution is -2.49. The number of nitrogen functional groups attached to an aromatic ring is 1. The number of aryl methyl sites for hydroxylation is 1. The highest BCUT2D eigenvalue weighted by molar-refractivity contribution is 5.77. The van der Waals surface area contributed by atoms with E-state index in [0.717, 1.165) is 36.6 Å². The minimum Gasteiger partial charge on any atom is -0.506 e. The lowest BCUT2D eigenvalue weighted by Gasteiger charge is -2.35. The molecule has 1 aromatic carbocycles. The number of nitrogens with two attached hydrogens (primary N) is 1. The van der Waals surface area contributed by atoms with Crippen LogP contribution in [0.2, 0.25) is 0 Å². The Morgan fingerprint density at radius 3 is 2.50 bits per heavy atom. The second-order valence-electron chi connectivity index (χ2n) is 6.81. The van der Waals surface area contributed by atoms with E-state index in [0.29, 0.717) is 19.5 Å². The fourth-order valence-corrected chi connectivity index (χ4v) is 3.32. The van der Waals surface area contributed by atoms with Crippen molar-refractivity contribution >= 4 is 17.4 Å². The molecule has 0 spiro atoms. The smallest absolute Gasteiger partial charge is 0.223 e. The van der Waals surface area contributed by atoms with E-state index in [-0.39, 0.29) is 11.7 Å². The van der Waals surface area contributed by atoms with Crippen LogP contribution < -0.4 is 10.6 Å². The SMILES string of the molecule is Cc1c(N)ccc(CCC(=O)N2CCN(c3ccc(O)cn3)CC2)c1C. The van der Waals surface area contributed by atoms with Crippen LogP contribution in [0.5, 0.6) is 5.75 Å². The molecule has 1 amide bonds. The zero-order chi connectivity index (χ0) is 18.7. The first-order valence-corrected chi connectivity index (χ1v) is 8.98. The Bertz CT molecular complexity index is 781. The van der Waals surface area contributed by atoms with E-state index in [1.54, 1.807) is 12.1 Å². The highest BCUT2D eigenvalue weighted by atomic mass is 16.3. The molecule has 1 aliphatic rings.